The summed E-state index contributed by atoms with van der Waals surface area (Å²) < 4.78 is 14.0. The molecule has 0 bridgehead atoms. The molecule has 1 aromatic heterocycles. The van der Waals surface area contributed by atoms with Crippen LogP contribution in [0.5, 0.6) is 0 Å². The predicted molar refractivity (Wildman–Crippen MR) is 141 cm³/mol. The molecule has 3 aliphatic rings. The average Bonchev–Trinajstić information content (AvgIpc) is 3.39. The molecule has 0 unspecified atom stereocenters. The molecule has 2 atom stereocenters. The van der Waals surface area contributed by atoms with Crippen molar-refractivity contribution in [1.82, 2.24) is 9.88 Å². The number of benzene rings is 2. The SMILES string of the molecule is CC1(C)CC[C@H](c2cccc(F)c2)N(CC(=O)Nc2ccc3c(c2)C[C@@]2(C3)C(=O)Nc3ncccc32)C1=O. The molecule has 0 radical (unpaired) electrons. The third-order valence-corrected chi connectivity index (χ3v) is 8.27. The van der Waals surface area contributed by atoms with Crippen LogP contribution in [0.25, 0.3) is 0 Å². The molecule has 0 saturated carbocycles. The zero-order valence-electron chi connectivity index (χ0n) is 21.4. The van der Waals surface area contributed by atoms with Crippen molar-refractivity contribution < 1.29 is 18.8 Å². The number of carbonyl (C=O) groups is 3. The van der Waals surface area contributed by atoms with Crippen LogP contribution in [0.15, 0.2) is 60.8 Å². The molecule has 3 amide bonds. The van der Waals surface area contributed by atoms with E-state index in [0.29, 0.717) is 42.8 Å². The van der Waals surface area contributed by atoms with Crippen LogP contribution in [0.4, 0.5) is 15.9 Å². The van der Waals surface area contributed by atoms with Crippen molar-refractivity contribution in [3.63, 3.8) is 0 Å². The molecule has 3 heterocycles. The van der Waals surface area contributed by atoms with Crippen LogP contribution >= 0.6 is 0 Å². The van der Waals surface area contributed by atoms with E-state index in [1.807, 2.05) is 44.2 Å². The van der Waals surface area contributed by atoms with E-state index in [1.165, 1.54) is 12.1 Å². The summed E-state index contributed by atoms with van der Waals surface area (Å²) in [6.07, 6.45) is 4.07. The fourth-order valence-electron chi connectivity index (χ4n) is 6.23. The van der Waals surface area contributed by atoms with Gasteiger partial charge in [-0.05, 0) is 72.7 Å². The zero-order valence-corrected chi connectivity index (χ0v) is 21.4. The van der Waals surface area contributed by atoms with E-state index < -0.39 is 10.8 Å². The summed E-state index contributed by atoms with van der Waals surface area (Å²) in [7, 11) is 0. The van der Waals surface area contributed by atoms with E-state index in [2.05, 4.69) is 15.6 Å². The minimum absolute atomic E-state index is 0.0531. The number of nitrogens with one attached hydrogen (secondary N) is 2. The van der Waals surface area contributed by atoms with Gasteiger partial charge in [-0.3, -0.25) is 14.4 Å². The van der Waals surface area contributed by atoms with Crippen LogP contribution in [0.1, 0.15) is 55.0 Å². The van der Waals surface area contributed by atoms with Crippen LogP contribution in [-0.2, 0) is 32.6 Å². The Bertz CT molecular complexity index is 1490. The maximum atomic E-state index is 14.0. The Kier molecular flexibility index (Phi) is 5.59. The fourth-order valence-corrected chi connectivity index (χ4v) is 6.23. The average molecular weight is 513 g/mol. The number of rotatable bonds is 4. The molecule has 1 fully saturated rings. The highest BCUT2D eigenvalue weighted by molar-refractivity contribution is 6.06. The summed E-state index contributed by atoms with van der Waals surface area (Å²) in [5, 5.41) is 5.85. The number of halogens is 1. The van der Waals surface area contributed by atoms with Crippen LogP contribution in [0, 0.1) is 11.2 Å². The first-order chi connectivity index (χ1) is 18.2. The normalized spacial score (nSPS) is 23.2. The Labute approximate surface area is 220 Å². The molecule has 1 spiro atoms. The number of amides is 3. The van der Waals surface area contributed by atoms with Crippen molar-refractivity contribution in [2.24, 2.45) is 5.41 Å². The first-order valence-corrected chi connectivity index (χ1v) is 12.9. The first-order valence-electron chi connectivity index (χ1n) is 12.9. The molecule has 7 nitrogen and oxygen atoms in total. The number of anilines is 2. The van der Waals surface area contributed by atoms with Gasteiger partial charge in [-0.2, -0.15) is 0 Å². The molecule has 8 heteroatoms. The molecule has 3 aromatic rings. The number of likely N-dealkylation sites (tertiary alicyclic amines) is 1. The standard InChI is InChI=1S/C30H29FN4O3/c1-29(2)11-10-24(18-5-3-6-21(31)13-18)35(28(29)38)17-25(36)33-22-9-8-19-15-30(16-20(19)14-22)23-7-4-12-32-26(23)34-27(30)37/h3-9,12-14,24H,10-11,15-17H2,1-2H3,(H,33,36)(H,32,34,37)/t24-,30-/m1/s1. The Morgan fingerprint density at radius 1 is 1.11 bits per heavy atom. The third-order valence-electron chi connectivity index (χ3n) is 8.27. The molecule has 2 N–H and O–H groups in total. The number of nitrogens with zero attached hydrogens (tertiary/aromatic N) is 2. The largest absolute Gasteiger partial charge is 0.326 e. The van der Waals surface area contributed by atoms with Gasteiger partial charge in [-0.15, -0.1) is 0 Å². The second-order valence-electron chi connectivity index (χ2n) is 11.2. The van der Waals surface area contributed by atoms with Gasteiger partial charge < -0.3 is 15.5 Å². The molecule has 2 aliphatic heterocycles. The number of fused-ring (bicyclic) bond motifs is 3. The maximum Gasteiger partial charge on any atom is 0.244 e. The molecular weight excluding hydrogens is 483 g/mol. The Hall–Kier alpha value is -4.07. The van der Waals surface area contributed by atoms with E-state index in [1.54, 1.807) is 23.2 Å². The van der Waals surface area contributed by atoms with Crippen LogP contribution in [-0.4, -0.2) is 34.2 Å². The summed E-state index contributed by atoms with van der Waals surface area (Å²) in [5.41, 5.74) is 2.99. The summed E-state index contributed by atoms with van der Waals surface area (Å²) in [4.78, 5) is 45.4. The third kappa shape index (κ3) is 3.95. The number of hydrogen-bond donors (Lipinski definition) is 2. The van der Waals surface area contributed by atoms with Crippen LogP contribution in [0.2, 0.25) is 0 Å². The lowest BCUT2D eigenvalue weighted by Crippen LogP contribution is -2.50. The van der Waals surface area contributed by atoms with E-state index in [9.17, 15) is 18.8 Å². The Morgan fingerprint density at radius 2 is 1.92 bits per heavy atom. The highest BCUT2D eigenvalue weighted by Crippen LogP contribution is 2.47. The summed E-state index contributed by atoms with van der Waals surface area (Å²) in [6, 6.07) is 15.3. The monoisotopic (exact) mass is 512 g/mol. The molecule has 194 valence electrons. The second kappa shape index (κ2) is 8.75. The molecule has 38 heavy (non-hydrogen) atoms. The molecular formula is C30H29FN4O3. The van der Waals surface area contributed by atoms with E-state index in [0.717, 1.165) is 16.7 Å². The Balaban J connectivity index is 1.21. The predicted octanol–water partition coefficient (Wildman–Crippen LogP) is 4.54. The lowest BCUT2D eigenvalue weighted by molar-refractivity contribution is -0.150. The van der Waals surface area contributed by atoms with E-state index in [4.69, 9.17) is 0 Å². The highest BCUT2D eigenvalue weighted by atomic mass is 19.1. The van der Waals surface area contributed by atoms with Crippen molar-refractivity contribution in [2.45, 2.75) is 51.0 Å². The van der Waals surface area contributed by atoms with Gasteiger partial charge in [-0.1, -0.05) is 38.1 Å². The van der Waals surface area contributed by atoms with Gasteiger partial charge in [0, 0.05) is 22.9 Å². The van der Waals surface area contributed by atoms with Crippen molar-refractivity contribution in [2.75, 3.05) is 17.2 Å². The quantitative estimate of drug-likeness (QED) is 0.537. The van der Waals surface area contributed by atoms with Gasteiger partial charge in [0.2, 0.25) is 17.7 Å². The summed E-state index contributed by atoms with van der Waals surface area (Å²) in [6.45, 7) is 3.63. The lowest BCUT2D eigenvalue weighted by Gasteiger charge is -2.43. The summed E-state index contributed by atoms with van der Waals surface area (Å²) >= 11 is 0. The van der Waals surface area contributed by atoms with Gasteiger partial charge in [0.1, 0.15) is 18.2 Å². The second-order valence-corrected chi connectivity index (χ2v) is 11.2. The number of piperidine rings is 1. The molecule has 2 aromatic carbocycles. The molecule has 1 saturated heterocycles. The summed E-state index contributed by atoms with van der Waals surface area (Å²) in [5.74, 6) is -0.250. The lowest BCUT2D eigenvalue weighted by atomic mass is 9.78. The van der Waals surface area contributed by atoms with Crippen LogP contribution < -0.4 is 10.6 Å². The van der Waals surface area contributed by atoms with Crippen molar-refractivity contribution in [3.05, 3.63) is 88.9 Å². The first kappa shape index (κ1) is 24.3. The van der Waals surface area contributed by atoms with Gasteiger partial charge in [0.25, 0.3) is 0 Å². The minimum atomic E-state index is -0.682. The number of carbonyl (C=O) groups excluding carboxylic acids is 3. The Morgan fingerprint density at radius 3 is 2.74 bits per heavy atom. The van der Waals surface area contributed by atoms with Crippen LogP contribution in [0.3, 0.4) is 0 Å². The number of hydrogen-bond acceptors (Lipinski definition) is 4. The van der Waals surface area contributed by atoms with Gasteiger partial charge >= 0.3 is 0 Å². The van der Waals surface area contributed by atoms with E-state index in [-0.39, 0.29) is 36.1 Å². The highest BCUT2D eigenvalue weighted by Gasteiger charge is 2.51. The van der Waals surface area contributed by atoms with Crippen molar-refractivity contribution in [1.29, 1.82) is 0 Å². The number of aromatic nitrogens is 1. The smallest absolute Gasteiger partial charge is 0.244 e. The van der Waals surface area contributed by atoms with Gasteiger partial charge in [0.05, 0.1) is 11.5 Å². The van der Waals surface area contributed by atoms with Crippen molar-refractivity contribution >= 4 is 29.2 Å². The molecule has 1 aliphatic carbocycles. The van der Waals surface area contributed by atoms with Gasteiger partial charge in [-0.25, -0.2) is 9.37 Å². The fraction of sp³-hybridized carbons (Fsp3) is 0.333. The molecule has 6 rings (SSSR count). The van der Waals surface area contributed by atoms with E-state index >= 15 is 0 Å². The number of pyridine rings is 1. The maximum absolute atomic E-state index is 14.0. The van der Waals surface area contributed by atoms with Crippen molar-refractivity contribution in [3.8, 4) is 0 Å². The van der Waals surface area contributed by atoms with Gasteiger partial charge in [0.15, 0.2) is 0 Å². The minimum Gasteiger partial charge on any atom is -0.326 e. The zero-order chi connectivity index (χ0) is 26.7. The topological polar surface area (TPSA) is 91.4 Å².